The fourth-order valence-corrected chi connectivity index (χ4v) is 2.90. The maximum atomic E-state index is 6.15. The Labute approximate surface area is 128 Å². The molecule has 5 heteroatoms. The van der Waals surface area contributed by atoms with E-state index in [0.717, 1.165) is 30.1 Å². The number of aromatic nitrogens is 1. The third-order valence-electron chi connectivity index (χ3n) is 4.92. The molecule has 0 amide bonds. The fraction of sp³-hybridized carbons (Fsp3) is 0.688. The Kier molecular flexibility index (Phi) is 3.53. The number of pyridine rings is 1. The van der Waals surface area contributed by atoms with Gasteiger partial charge in [-0.2, -0.15) is 0 Å². The summed E-state index contributed by atoms with van der Waals surface area (Å²) >= 11 is 0. The Balaban J connectivity index is 1.89. The Morgan fingerprint density at radius 3 is 2.19 bits per heavy atom. The van der Waals surface area contributed by atoms with E-state index in [1.807, 2.05) is 6.92 Å². The predicted octanol–water partition coefficient (Wildman–Crippen LogP) is 2.29. The number of hydrogen-bond acceptors (Lipinski definition) is 4. The first-order valence-corrected chi connectivity index (χ1v) is 7.88. The molecule has 0 atom stereocenters. The van der Waals surface area contributed by atoms with Crippen LogP contribution in [-0.4, -0.2) is 36.4 Å². The number of nitrogens with zero attached hydrogens (tertiary/aromatic N) is 2. The highest BCUT2D eigenvalue weighted by atomic mass is 16.7. The molecule has 2 saturated heterocycles. The van der Waals surface area contributed by atoms with E-state index in [2.05, 4.69) is 49.7 Å². The van der Waals surface area contributed by atoms with Crippen LogP contribution < -0.4 is 10.4 Å². The van der Waals surface area contributed by atoms with Crippen LogP contribution in [0.15, 0.2) is 12.1 Å². The van der Waals surface area contributed by atoms with Crippen LogP contribution in [0.3, 0.4) is 0 Å². The van der Waals surface area contributed by atoms with E-state index < -0.39 is 0 Å². The number of anilines is 1. The highest BCUT2D eigenvalue weighted by Gasteiger charge is 2.51. The van der Waals surface area contributed by atoms with Gasteiger partial charge in [-0.05, 0) is 65.1 Å². The Hall–Kier alpha value is -1.07. The fourth-order valence-electron chi connectivity index (χ4n) is 2.90. The Morgan fingerprint density at radius 2 is 1.62 bits per heavy atom. The van der Waals surface area contributed by atoms with Crippen LogP contribution in [0.25, 0.3) is 0 Å². The normalized spacial score (nSPS) is 23.9. The van der Waals surface area contributed by atoms with Gasteiger partial charge in [0, 0.05) is 18.8 Å². The summed E-state index contributed by atoms with van der Waals surface area (Å²) in [6.45, 7) is 12.6. The number of hydrogen-bond donors (Lipinski definition) is 0. The SMILES string of the molecule is Cc1cc(B2OC(C)(C)C(C)(C)O2)cc(N2CCCC2)n1. The van der Waals surface area contributed by atoms with Crippen molar-refractivity contribution in [2.45, 2.75) is 58.7 Å². The van der Waals surface area contributed by atoms with E-state index in [-0.39, 0.29) is 18.3 Å². The van der Waals surface area contributed by atoms with Gasteiger partial charge in [0.1, 0.15) is 5.82 Å². The summed E-state index contributed by atoms with van der Waals surface area (Å²) in [6, 6.07) is 4.20. The Bertz CT molecular complexity index is 523. The van der Waals surface area contributed by atoms with Crippen LogP contribution >= 0.6 is 0 Å². The van der Waals surface area contributed by atoms with Crippen LogP contribution in [0.1, 0.15) is 46.2 Å². The zero-order valence-electron chi connectivity index (χ0n) is 13.8. The summed E-state index contributed by atoms with van der Waals surface area (Å²) in [4.78, 5) is 7.02. The smallest absolute Gasteiger partial charge is 0.399 e. The third-order valence-corrected chi connectivity index (χ3v) is 4.92. The minimum Gasteiger partial charge on any atom is -0.399 e. The molecule has 1 aromatic rings. The van der Waals surface area contributed by atoms with Gasteiger partial charge in [0.2, 0.25) is 0 Å². The van der Waals surface area contributed by atoms with Gasteiger partial charge in [0.05, 0.1) is 11.2 Å². The van der Waals surface area contributed by atoms with Crippen molar-refractivity contribution in [3.05, 3.63) is 17.8 Å². The van der Waals surface area contributed by atoms with Crippen molar-refractivity contribution in [2.75, 3.05) is 18.0 Å². The van der Waals surface area contributed by atoms with E-state index >= 15 is 0 Å². The molecule has 0 saturated carbocycles. The summed E-state index contributed by atoms with van der Waals surface area (Å²) in [7, 11) is -0.307. The molecule has 3 rings (SSSR count). The first kappa shape index (κ1) is 14.9. The topological polar surface area (TPSA) is 34.6 Å². The summed E-state index contributed by atoms with van der Waals surface area (Å²) in [5, 5.41) is 0. The first-order valence-electron chi connectivity index (χ1n) is 7.88. The van der Waals surface area contributed by atoms with Gasteiger partial charge in [0.15, 0.2) is 0 Å². The second-order valence-corrected chi connectivity index (χ2v) is 7.18. The standard InChI is InChI=1S/C16H25BN2O2/c1-12-10-13(11-14(18-12)19-8-6-7-9-19)17-20-15(2,3)16(4,5)21-17/h10-11H,6-9H2,1-5H3. The molecule has 1 aromatic heterocycles. The van der Waals surface area contributed by atoms with Crippen LogP contribution in [0.2, 0.25) is 0 Å². The average molecular weight is 288 g/mol. The highest BCUT2D eigenvalue weighted by molar-refractivity contribution is 6.62. The lowest BCUT2D eigenvalue weighted by Gasteiger charge is -2.32. The van der Waals surface area contributed by atoms with Crippen molar-refractivity contribution in [1.29, 1.82) is 0 Å². The van der Waals surface area contributed by atoms with Gasteiger partial charge in [-0.15, -0.1) is 0 Å². The maximum Gasteiger partial charge on any atom is 0.495 e. The van der Waals surface area contributed by atoms with Gasteiger partial charge in [0.25, 0.3) is 0 Å². The van der Waals surface area contributed by atoms with Gasteiger partial charge >= 0.3 is 7.12 Å². The molecule has 0 aliphatic carbocycles. The second-order valence-electron chi connectivity index (χ2n) is 7.18. The van der Waals surface area contributed by atoms with Crippen molar-refractivity contribution in [1.82, 2.24) is 4.98 Å². The van der Waals surface area contributed by atoms with Crippen LogP contribution in [0, 0.1) is 6.92 Å². The molecular weight excluding hydrogens is 263 g/mol. The molecule has 0 spiro atoms. The molecular formula is C16H25BN2O2. The first-order chi connectivity index (χ1) is 9.78. The summed E-state index contributed by atoms with van der Waals surface area (Å²) in [5.41, 5.74) is 1.48. The lowest BCUT2D eigenvalue weighted by Crippen LogP contribution is -2.41. The lowest BCUT2D eigenvalue weighted by molar-refractivity contribution is 0.00578. The zero-order valence-corrected chi connectivity index (χ0v) is 13.8. The molecule has 0 N–H and O–H groups in total. The monoisotopic (exact) mass is 288 g/mol. The summed E-state index contributed by atoms with van der Waals surface area (Å²) < 4.78 is 12.3. The number of aryl methyl sites for hydroxylation is 1. The van der Waals surface area contributed by atoms with E-state index in [1.165, 1.54) is 12.8 Å². The summed E-state index contributed by atoms with van der Waals surface area (Å²) in [5.74, 6) is 1.05. The van der Waals surface area contributed by atoms with Crippen molar-refractivity contribution < 1.29 is 9.31 Å². The van der Waals surface area contributed by atoms with Gasteiger partial charge in [-0.3, -0.25) is 0 Å². The molecule has 2 aliphatic rings. The van der Waals surface area contributed by atoms with Crippen molar-refractivity contribution in [3.63, 3.8) is 0 Å². The minimum atomic E-state index is -0.307. The molecule has 2 fully saturated rings. The molecule has 0 aromatic carbocycles. The summed E-state index contributed by atoms with van der Waals surface area (Å²) in [6.07, 6.45) is 2.50. The van der Waals surface area contributed by atoms with Crippen LogP contribution in [-0.2, 0) is 9.31 Å². The molecule has 0 radical (unpaired) electrons. The Morgan fingerprint density at radius 1 is 1.05 bits per heavy atom. The van der Waals surface area contributed by atoms with Gasteiger partial charge < -0.3 is 14.2 Å². The van der Waals surface area contributed by atoms with Crippen LogP contribution in [0.4, 0.5) is 5.82 Å². The molecule has 2 aliphatic heterocycles. The average Bonchev–Trinajstić information content (AvgIpc) is 2.96. The van der Waals surface area contributed by atoms with E-state index in [0.29, 0.717) is 0 Å². The number of rotatable bonds is 2. The molecule has 114 valence electrons. The van der Waals surface area contributed by atoms with Crippen molar-refractivity contribution in [2.24, 2.45) is 0 Å². The largest absolute Gasteiger partial charge is 0.495 e. The minimum absolute atomic E-state index is 0.303. The van der Waals surface area contributed by atoms with Gasteiger partial charge in [-0.1, -0.05) is 0 Å². The third kappa shape index (κ3) is 2.69. The lowest BCUT2D eigenvalue weighted by atomic mass is 9.79. The van der Waals surface area contributed by atoms with Crippen LogP contribution in [0.5, 0.6) is 0 Å². The molecule has 0 bridgehead atoms. The highest BCUT2D eigenvalue weighted by Crippen LogP contribution is 2.36. The van der Waals surface area contributed by atoms with Crippen molar-refractivity contribution >= 4 is 18.4 Å². The van der Waals surface area contributed by atoms with E-state index in [9.17, 15) is 0 Å². The zero-order chi connectivity index (χ0) is 15.3. The van der Waals surface area contributed by atoms with Crippen molar-refractivity contribution in [3.8, 4) is 0 Å². The molecule has 21 heavy (non-hydrogen) atoms. The predicted molar refractivity (Wildman–Crippen MR) is 86.1 cm³/mol. The van der Waals surface area contributed by atoms with Gasteiger partial charge in [-0.25, -0.2) is 4.98 Å². The quantitative estimate of drug-likeness (QED) is 0.782. The molecule has 4 nitrogen and oxygen atoms in total. The molecule has 0 unspecified atom stereocenters. The molecule has 3 heterocycles. The second kappa shape index (κ2) is 4.99. The maximum absolute atomic E-state index is 6.15. The van der Waals surface area contributed by atoms with E-state index in [4.69, 9.17) is 9.31 Å². The van der Waals surface area contributed by atoms with E-state index in [1.54, 1.807) is 0 Å².